The van der Waals surface area contributed by atoms with Crippen molar-refractivity contribution in [3.63, 3.8) is 0 Å². The first kappa shape index (κ1) is 27.7. The molecule has 2 aliphatic heterocycles. The van der Waals surface area contributed by atoms with Crippen LogP contribution in [0.1, 0.15) is 68.1 Å². The zero-order chi connectivity index (χ0) is 27.0. The average molecular weight is 528 g/mol. The standard InChI is InChI=1S/C28H41N5O3S/c1-20-25(21-7-9-22(10-8-21)28(2,3)4)29-19-30-26(20)27(34)33-17-13-24(14-18-33)32-15-11-23(12-16-32)31(5)37(6,35)36/h7-10,19,23-24H,11-18H2,1-6H3. The number of nitrogens with zero attached hydrogens (tertiary/aromatic N) is 5. The third-order valence-corrected chi connectivity index (χ3v) is 9.46. The maximum atomic E-state index is 13.4. The number of piperidine rings is 2. The van der Waals surface area contributed by atoms with Gasteiger partial charge in [0.25, 0.3) is 5.91 Å². The molecule has 2 fully saturated rings. The molecule has 0 N–H and O–H groups in total. The first-order chi connectivity index (χ1) is 17.4. The molecular weight excluding hydrogens is 486 g/mol. The van der Waals surface area contributed by atoms with Crippen LogP contribution in [0.15, 0.2) is 30.6 Å². The fourth-order valence-electron chi connectivity index (χ4n) is 5.55. The van der Waals surface area contributed by atoms with Crippen LogP contribution in [0.2, 0.25) is 0 Å². The molecule has 0 radical (unpaired) electrons. The minimum absolute atomic E-state index is 0.0283. The summed E-state index contributed by atoms with van der Waals surface area (Å²) < 4.78 is 25.3. The Morgan fingerprint density at radius 2 is 1.57 bits per heavy atom. The summed E-state index contributed by atoms with van der Waals surface area (Å²) in [6.45, 7) is 11.7. The quantitative estimate of drug-likeness (QED) is 0.589. The van der Waals surface area contributed by atoms with Crippen LogP contribution in [0.5, 0.6) is 0 Å². The Morgan fingerprint density at radius 1 is 0.973 bits per heavy atom. The molecule has 2 aromatic rings. The van der Waals surface area contributed by atoms with Crippen LogP contribution in [0, 0.1) is 6.92 Å². The highest BCUT2D eigenvalue weighted by atomic mass is 32.2. The lowest BCUT2D eigenvalue weighted by atomic mass is 9.86. The fourth-order valence-corrected chi connectivity index (χ4v) is 6.31. The van der Waals surface area contributed by atoms with Crippen LogP contribution in [-0.4, -0.2) is 90.0 Å². The summed E-state index contributed by atoms with van der Waals surface area (Å²) in [6, 6.07) is 8.92. The van der Waals surface area contributed by atoms with Gasteiger partial charge < -0.3 is 9.80 Å². The zero-order valence-corrected chi connectivity index (χ0v) is 23.9. The maximum absolute atomic E-state index is 13.4. The van der Waals surface area contributed by atoms with Gasteiger partial charge in [0.05, 0.1) is 11.9 Å². The molecule has 9 heteroatoms. The van der Waals surface area contributed by atoms with Crippen LogP contribution < -0.4 is 0 Å². The number of hydrogen-bond donors (Lipinski definition) is 0. The second-order valence-corrected chi connectivity index (χ2v) is 13.6. The Balaban J connectivity index is 1.37. The Bertz CT molecular complexity index is 1210. The number of carbonyl (C=O) groups excluding carboxylic acids is 1. The first-order valence-electron chi connectivity index (χ1n) is 13.2. The van der Waals surface area contributed by atoms with Crippen molar-refractivity contribution < 1.29 is 13.2 Å². The minimum atomic E-state index is -3.16. The highest BCUT2D eigenvalue weighted by molar-refractivity contribution is 7.88. The van der Waals surface area contributed by atoms with Gasteiger partial charge >= 0.3 is 0 Å². The lowest BCUT2D eigenvalue weighted by Gasteiger charge is -2.43. The van der Waals surface area contributed by atoms with Gasteiger partial charge in [0.2, 0.25) is 10.0 Å². The van der Waals surface area contributed by atoms with Crippen molar-refractivity contribution in [1.29, 1.82) is 0 Å². The highest BCUT2D eigenvalue weighted by Crippen LogP contribution is 2.29. The first-order valence-corrected chi connectivity index (χ1v) is 15.1. The summed E-state index contributed by atoms with van der Waals surface area (Å²) in [4.78, 5) is 26.7. The van der Waals surface area contributed by atoms with Gasteiger partial charge in [-0.15, -0.1) is 0 Å². The summed E-state index contributed by atoms with van der Waals surface area (Å²) >= 11 is 0. The van der Waals surface area contributed by atoms with Gasteiger partial charge in [0.1, 0.15) is 12.0 Å². The number of benzene rings is 1. The van der Waals surface area contributed by atoms with Crippen molar-refractivity contribution in [2.75, 3.05) is 39.5 Å². The van der Waals surface area contributed by atoms with Gasteiger partial charge in [-0.25, -0.2) is 22.7 Å². The molecule has 202 valence electrons. The monoisotopic (exact) mass is 527 g/mol. The Labute approximate surface area is 222 Å². The minimum Gasteiger partial charge on any atom is -0.337 e. The van der Waals surface area contributed by atoms with E-state index in [1.165, 1.54) is 22.5 Å². The van der Waals surface area contributed by atoms with Gasteiger partial charge in [-0.2, -0.15) is 0 Å². The number of aromatic nitrogens is 2. The highest BCUT2D eigenvalue weighted by Gasteiger charge is 2.33. The normalized spacial score (nSPS) is 18.9. The van der Waals surface area contributed by atoms with Gasteiger partial charge in [-0.1, -0.05) is 45.0 Å². The van der Waals surface area contributed by atoms with E-state index in [9.17, 15) is 13.2 Å². The van der Waals surface area contributed by atoms with Gasteiger partial charge in [0.15, 0.2) is 0 Å². The predicted octanol–water partition coefficient (Wildman–Crippen LogP) is 3.71. The van der Waals surface area contributed by atoms with E-state index in [2.05, 4.69) is 59.9 Å². The van der Waals surface area contributed by atoms with E-state index in [1.807, 2.05) is 11.8 Å². The molecule has 3 heterocycles. The molecule has 0 spiro atoms. The topological polar surface area (TPSA) is 86.7 Å². The molecule has 8 nitrogen and oxygen atoms in total. The Morgan fingerprint density at radius 3 is 2.11 bits per heavy atom. The van der Waals surface area contributed by atoms with Crippen molar-refractivity contribution in [2.24, 2.45) is 0 Å². The van der Waals surface area contributed by atoms with Crippen molar-refractivity contribution in [1.82, 2.24) is 24.1 Å². The third-order valence-electron chi connectivity index (χ3n) is 8.12. The van der Waals surface area contributed by atoms with E-state index in [-0.39, 0.29) is 17.4 Å². The second kappa shape index (κ2) is 10.8. The largest absolute Gasteiger partial charge is 0.337 e. The van der Waals surface area contributed by atoms with E-state index in [0.29, 0.717) is 24.8 Å². The summed E-state index contributed by atoms with van der Waals surface area (Å²) in [5.74, 6) is -0.0283. The molecule has 1 amide bonds. The van der Waals surface area contributed by atoms with Crippen LogP contribution in [0.25, 0.3) is 11.3 Å². The summed E-state index contributed by atoms with van der Waals surface area (Å²) in [7, 11) is -1.48. The van der Waals surface area contributed by atoms with Crippen molar-refractivity contribution in [3.8, 4) is 11.3 Å². The molecule has 0 atom stereocenters. The summed E-state index contributed by atoms with van der Waals surface area (Å²) in [6.07, 6.45) is 6.31. The average Bonchev–Trinajstić information content (AvgIpc) is 2.87. The SMILES string of the molecule is Cc1c(C(=O)N2CCC(N3CCC(N(C)S(C)(=O)=O)CC3)CC2)ncnc1-c1ccc(C(C)(C)C)cc1. The molecule has 1 aromatic heterocycles. The molecular formula is C28H41N5O3S. The zero-order valence-electron chi connectivity index (χ0n) is 23.1. The van der Waals surface area contributed by atoms with E-state index in [4.69, 9.17) is 0 Å². The van der Waals surface area contributed by atoms with Gasteiger partial charge in [-0.3, -0.25) is 4.79 Å². The molecule has 37 heavy (non-hydrogen) atoms. The second-order valence-electron chi connectivity index (χ2n) is 11.6. The van der Waals surface area contributed by atoms with E-state index >= 15 is 0 Å². The lowest BCUT2D eigenvalue weighted by molar-refractivity contribution is 0.0542. The Kier molecular flexibility index (Phi) is 8.07. The lowest BCUT2D eigenvalue weighted by Crippen LogP contribution is -2.52. The third kappa shape index (κ3) is 6.21. The smallest absolute Gasteiger partial charge is 0.272 e. The van der Waals surface area contributed by atoms with Crippen LogP contribution in [0.4, 0.5) is 0 Å². The maximum Gasteiger partial charge on any atom is 0.272 e. The molecule has 1 aromatic carbocycles. The molecule has 0 saturated carbocycles. The predicted molar refractivity (Wildman–Crippen MR) is 147 cm³/mol. The van der Waals surface area contributed by atoms with Crippen LogP contribution in [0.3, 0.4) is 0 Å². The van der Waals surface area contributed by atoms with Crippen molar-refractivity contribution >= 4 is 15.9 Å². The van der Waals surface area contributed by atoms with Gasteiger partial charge in [0, 0.05) is 43.3 Å². The Hall–Kier alpha value is -2.36. The van der Waals surface area contributed by atoms with E-state index in [0.717, 1.165) is 55.6 Å². The van der Waals surface area contributed by atoms with Crippen molar-refractivity contribution in [3.05, 3.63) is 47.4 Å². The molecule has 0 unspecified atom stereocenters. The molecule has 2 saturated heterocycles. The van der Waals surface area contributed by atoms with Crippen LogP contribution in [-0.2, 0) is 15.4 Å². The molecule has 0 aliphatic carbocycles. The number of rotatable bonds is 5. The number of sulfonamides is 1. The van der Waals surface area contributed by atoms with E-state index < -0.39 is 10.0 Å². The summed E-state index contributed by atoms with van der Waals surface area (Å²) in [5, 5.41) is 0. The fraction of sp³-hybridized carbons (Fsp3) is 0.607. The number of hydrogen-bond acceptors (Lipinski definition) is 6. The number of amides is 1. The molecule has 0 bridgehead atoms. The van der Waals surface area contributed by atoms with E-state index in [1.54, 1.807) is 7.05 Å². The molecule has 2 aliphatic rings. The van der Waals surface area contributed by atoms with Gasteiger partial charge in [-0.05, 0) is 56.7 Å². The molecule has 4 rings (SSSR count). The number of likely N-dealkylation sites (tertiary alicyclic amines) is 2. The van der Waals surface area contributed by atoms with Crippen LogP contribution >= 0.6 is 0 Å². The summed E-state index contributed by atoms with van der Waals surface area (Å²) in [5.41, 5.74) is 4.42. The van der Waals surface area contributed by atoms with Crippen molar-refractivity contribution in [2.45, 2.75) is 70.9 Å². The number of carbonyl (C=O) groups is 1.